The van der Waals surface area contributed by atoms with Crippen LogP contribution in [-0.4, -0.2) is 29.2 Å². The molecular formula is C12H23N5O. The third kappa shape index (κ3) is 4.46. The second kappa shape index (κ2) is 7.84. The summed E-state index contributed by atoms with van der Waals surface area (Å²) in [6.45, 7) is 7.51. The van der Waals surface area contributed by atoms with Gasteiger partial charge in [0, 0.05) is 12.1 Å². The molecule has 0 aliphatic carbocycles. The van der Waals surface area contributed by atoms with Gasteiger partial charge in [0.1, 0.15) is 18.0 Å². The quantitative estimate of drug-likeness (QED) is 0.370. The molecule has 0 radical (unpaired) electrons. The molecule has 0 saturated carbocycles. The van der Waals surface area contributed by atoms with Crippen LogP contribution in [0.3, 0.4) is 0 Å². The Balaban J connectivity index is 2.63. The fraction of sp³-hybridized carbons (Fsp3) is 0.667. The summed E-state index contributed by atoms with van der Waals surface area (Å²) in [5, 5.41) is 3.26. The maximum Gasteiger partial charge on any atom is 0.148 e. The Morgan fingerprint density at radius 3 is 2.67 bits per heavy atom. The zero-order chi connectivity index (χ0) is 13.4. The van der Waals surface area contributed by atoms with Gasteiger partial charge in [0.15, 0.2) is 0 Å². The minimum absolute atomic E-state index is 0.244. The fourth-order valence-electron chi connectivity index (χ4n) is 1.64. The molecule has 0 unspecified atom stereocenters. The molecule has 1 heterocycles. The summed E-state index contributed by atoms with van der Waals surface area (Å²) in [4.78, 5) is 8.36. The number of nitrogens with two attached hydrogens (primary N) is 1. The van der Waals surface area contributed by atoms with Crippen LogP contribution in [0.15, 0.2) is 6.33 Å². The highest BCUT2D eigenvalue weighted by Crippen LogP contribution is 2.20. The molecule has 0 aliphatic heterocycles. The monoisotopic (exact) mass is 253 g/mol. The first-order valence-electron chi connectivity index (χ1n) is 6.35. The first-order valence-corrected chi connectivity index (χ1v) is 6.35. The molecule has 6 nitrogen and oxygen atoms in total. The van der Waals surface area contributed by atoms with Gasteiger partial charge in [-0.3, -0.25) is 0 Å². The third-order valence-electron chi connectivity index (χ3n) is 2.43. The SMILES string of the molecule is CCCc1c(NN)ncnc1NCCOC(C)C. The van der Waals surface area contributed by atoms with Gasteiger partial charge in [-0.25, -0.2) is 15.8 Å². The molecule has 1 aromatic rings. The number of aromatic nitrogens is 2. The molecule has 1 aromatic heterocycles. The first-order chi connectivity index (χ1) is 8.69. The van der Waals surface area contributed by atoms with Crippen LogP contribution < -0.4 is 16.6 Å². The summed E-state index contributed by atoms with van der Waals surface area (Å²) in [7, 11) is 0. The molecule has 0 saturated heterocycles. The molecule has 102 valence electrons. The summed E-state index contributed by atoms with van der Waals surface area (Å²) in [5.41, 5.74) is 3.63. The highest BCUT2D eigenvalue weighted by Gasteiger charge is 2.09. The average molecular weight is 253 g/mol. The van der Waals surface area contributed by atoms with Gasteiger partial charge in [-0.1, -0.05) is 13.3 Å². The van der Waals surface area contributed by atoms with Crippen molar-refractivity contribution in [1.29, 1.82) is 0 Å². The van der Waals surface area contributed by atoms with Gasteiger partial charge in [0.2, 0.25) is 0 Å². The number of nitrogens with zero attached hydrogens (tertiary/aromatic N) is 2. The van der Waals surface area contributed by atoms with E-state index in [1.54, 1.807) is 0 Å². The number of anilines is 2. The summed E-state index contributed by atoms with van der Waals surface area (Å²) < 4.78 is 5.47. The van der Waals surface area contributed by atoms with Crippen LogP contribution in [0.2, 0.25) is 0 Å². The van der Waals surface area contributed by atoms with Crippen molar-refractivity contribution in [3.63, 3.8) is 0 Å². The van der Waals surface area contributed by atoms with Crippen molar-refractivity contribution in [2.24, 2.45) is 5.84 Å². The Hall–Kier alpha value is -1.40. The van der Waals surface area contributed by atoms with E-state index in [-0.39, 0.29) is 6.10 Å². The zero-order valence-electron chi connectivity index (χ0n) is 11.4. The lowest BCUT2D eigenvalue weighted by atomic mass is 10.1. The Morgan fingerprint density at radius 2 is 2.06 bits per heavy atom. The number of hydrogen-bond acceptors (Lipinski definition) is 6. The van der Waals surface area contributed by atoms with Crippen LogP contribution >= 0.6 is 0 Å². The van der Waals surface area contributed by atoms with Gasteiger partial charge in [-0.15, -0.1) is 0 Å². The highest BCUT2D eigenvalue weighted by atomic mass is 16.5. The van der Waals surface area contributed by atoms with E-state index in [0.717, 1.165) is 30.8 Å². The van der Waals surface area contributed by atoms with Crippen molar-refractivity contribution in [3.05, 3.63) is 11.9 Å². The van der Waals surface area contributed by atoms with E-state index in [2.05, 4.69) is 27.6 Å². The van der Waals surface area contributed by atoms with E-state index in [9.17, 15) is 0 Å². The second-order valence-electron chi connectivity index (χ2n) is 4.29. The number of nitrogen functional groups attached to an aromatic ring is 1. The van der Waals surface area contributed by atoms with E-state index in [1.807, 2.05) is 13.8 Å². The normalized spacial score (nSPS) is 10.7. The maximum atomic E-state index is 5.47. The Bertz CT molecular complexity index is 356. The number of hydrogen-bond donors (Lipinski definition) is 3. The van der Waals surface area contributed by atoms with Gasteiger partial charge < -0.3 is 15.5 Å². The topological polar surface area (TPSA) is 85.1 Å². The Kier molecular flexibility index (Phi) is 6.38. The first kappa shape index (κ1) is 14.7. The van der Waals surface area contributed by atoms with E-state index >= 15 is 0 Å². The lowest BCUT2D eigenvalue weighted by molar-refractivity contribution is 0.0870. The summed E-state index contributed by atoms with van der Waals surface area (Å²) >= 11 is 0. The van der Waals surface area contributed by atoms with Gasteiger partial charge in [-0.2, -0.15) is 0 Å². The van der Waals surface area contributed by atoms with Crippen molar-refractivity contribution in [2.75, 3.05) is 23.9 Å². The van der Waals surface area contributed by atoms with Crippen LogP contribution in [0.1, 0.15) is 32.8 Å². The van der Waals surface area contributed by atoms with Gasteiger partial charge in [-0.05, 0) is 20.3 Å². The lowest BCUT2D eigenvalue weighted by Gasteiger charge is -2.14. The third-order valence-corrected chi connectivity index (χ3v) is 2.43. The summed E-state index contributed by atoms with van der Waals surface area (Å²) in [6, 6.07) is 0. The standard InChI is InChI=1S/C12H23N5O/c1-4-5-10-11(14-6-7-18-9(2)3)15-8-16-12(10)17-13/h8-9H,4-7,13H2,1-3H3,(H2,14,15,16,17). The van der Waals surface area contributed by atoms with Crippen LogP contribution in [0.25, 0.3) is 0 Å². The van der Waals surface area contributed by atoms with E-state index < -0.39 is 0 Å². The van der Waals surface area contributed by atoms with Crippen LogP contribution in [0.4, 0.5) is 11.6 Å². The average Bonchev–Trinajstić information content (AvgIpc) is 2.36. The van der Waals surface area contributed by atoms with Crippen LogP contribution in [0, 0.1) is 0 Å². The maximum absolute atomic E-state index is 5.47. The number of hydrazine groups is 1. The minimum Gasteiger partial charge on any atom is -0.377 e. The Morgan fingerprint density at radius 1 is 1.33 bits per heavy atom. The molecule has 6 heteroatoms. The molecule has 0 amide bonds. The molecule has 4 N–H and O–H groups in total. The highest BCUT2D eigenvalue weighted by molar-refractivity contribution is 5.56. The predicted molar refractivity (Wildman–Crippen MR) is 73.4 cm³/mol. The largest absolute Gasteiger partial charge is 0.377 e. The predicted octanol–water partition coefficient (Wildman–Crippen LogP) is 1.55. The van der Waals surface area contributed by atoms with Gasteiger partial charge in [0.05, 0.1) is 12.7 Å². The number of nitrogens with one attached hydrogen (secondary N) is 2. The van der Waals surface area contributed by atoms with E-state index in [0.29, 0.717) is 12.4 Å². The number of rotatable bonds is 8. The molecule has 0 aromatic carbocycles. The van der Waals surface area contributed by atoms with E-state index in [4.69, 9.17) is 10.6 Å². The minimum atomic E-state index is 0.244. The molecule has 0 spiro atoms. The Labute approximate surface area is 108 Å². The van der Waals surface area contributed by atoms with Gasteiger partial charge >= 0.3 is 0 Å². The molecule has 0 bridgehead atoms. The number of ether oxygens (including phenoxy) is 1. The molecule has 1 rings (SSSR count). The molecule has 18 heavy (non-hydrogen) atoms. The van der Waals surface area contributed by atoms with E-state index in [1.165, 1.54) is 6.33 Å². The summed E-state index contributed by atoms with van der Waals surface area (Å²) in [6.07, 6.45) is 3.64. The lowest BCUT2D eigenvalue weighted by Crippen LogP contribution is -2.17. The molecule has 0 fully saturated rings. The molecule has 0 atom stereocenters. The van der Waals surface area contributed by atoms with Crippen LogP contribution in [-0.2, 0) is 11.2 Å². The fourth-order valence-corrected chi connectivity index (χ4v) is 1.64. The molecule has 0 aliphatic rings. The second-order valence-corrected chi connectivity index (χ2v) is 4.29. The van der Waals surface area contributed by atoms with Crippen molar-refractivity contribution in [1.82, 2.24) is 9.97 Å². The van der Waals surface area contributed by atoms with Crippen molar-refractivity contribution in [3.8, 4) is 0 Å². The summed E-state index contributed by atoms with van der Waals surface area (Å²) in [5.74, 6) is 6.96. The van der Waals surface area contributed by atoms with Crippen molar-refractivity contribution < 1.29 is 4.74 Å². The smallest absolute Gasteiger partial charge is 0.148 e. The molecular weight excluding hydrogens is 230 g/mol. The van der Waals surface area contributed by atoms with Gasteiger partial charge in [0.25, 0.3) is 0 Å². The van der Waals surface area contributed by atoms with Crippen molar-refractivity contribution in [2.45, 2.75) is 39.7 Å². The van der Waals surface area contributed by atoms with Crippen LogP contribution in [0.5, 0.6) is 0 Å². The van der Waals surface area contributed by atoms with Crippen molar-refractivity contribution >= 4 is 11.6 Å². The zero-order valence-corrected chi connectivity index (χ0v) is 11.4.